The van der Waals surface area contributed by atoms with Crippen molar-refractivity contribution in [3.63, 3.8) is 0 Å². The highest BCUT2D eigenvalue weighted by molar-refractivity contribution is 7.14. The Morgan fingerprint density at radius 3 is 2.73 bits per heavy atom. The molecule has 4 heteroatoms. The molecule has 11 heavy (non-hydrogen) atoms. The van der Waals surface area contributed by atoms with Gasteiger partial charge in [-0.2, -0.15) is 0 Å². The molecule has 0 amide bonds. The van der Waals surface area contributed by atoms with Gasteiger partial charge < -0.3 is 4.90 Å². The summed E-state index contributed by atoms with van der Waals surface area (Å²) in [5, 5.41) is 2.02. The number of hydrogen-bond donors (Lipinski definition) is 0. The first-order chi connectivity index (χ1) is 5.36. The maximum atomic E-state index is 5.72. The summed E-state index contributed by atoms with van der Waals surface area (Å²) in [5.74, 6) is 1.05. The first-order valence-electron chi connectivity index (χ1n) is 3.72. The summed E-state index contributed by atoms with van der Waals surface area (Å²) in [5.41, 5.74) is 0. The van der Waals surface area contributed by atoms with Crippen LogP contribution in [0.15, 0.2) is 5.38 Å². The lowest BCUT2D eigenvalue weighted by molar-refractivity contribution is 0.946. The van der Waals surface area contributed by atoms with Crippen molar-refractivity contribution in [3.8, 4) is 0 Å². The molecule has 1 aromatic rings. The monoisotopic (exact) mass is 188 g/mol. The van der Waals surface area contributed by atoms with Crippen LogP contribution in [-0.2, 0) is 0 Å². The minimum absolute atomic E-state index is 0.645. The second-order valence-corrected chi connectivity index (χ2v) is 4.09. The molecule has 1 fully saturated rings. The molecule has 1 aliphatic heterocycles. The van der Waals surface area contributed by atoms with Crippen LogP contribution in [0.25, 0.3) is 0 Å². The zero-order valence-electron chi connectivity index (χ0n) is 6.09. The molecule has 0 unspecified atom stereocenters. The third-order valence-corrected chi connectivity index (χ3v) is 2.86. The number of anilines is 1. The van der Waals surface area contributed by atoms with E-state index in [0.29, 0.717) is 4.47 Å². The average Bonchev–Trinajstić information content (AvgIpc) is 2.55. The number of aromatic nitrogens is 1. The summed E-state index contributed by atoms with van der Waals surface area (Å²) >= 11 is 7.22. The summed E-state index contributed by atoms with van der Waals surface area (Å²) in [4.78, 5) is 6.48. The van der Waals surface area contributed by atoms with Gasteiger partial charge in [-0.05, 0) is 12.8 Å². The molecule has 0 bridgehead atoms. The third kappa shape index (κ3) is 1.49. The lowest BCUT2D eigenvalue weighted by Gasteiger charge is -2.12. The molecular formula is C7H9ClN2S. The predicted molar refractivity (Wildman–Crippen MR) is 48.6 cm³/mol. The number of nitrogens with zero attached hydrogens (tertiary/aromatic N) is 2. The average molecular weight is 189 g/mol. The zero-order chi connectivity index (χ0) is 7.68. The Morgan fingerprint density at radius 1 is 1.45 bits per heavy atom. The van der Waals surface area contributed by atoms with E-state index in [9.17, 15) is 0 Å². The van der Waals surface area contributed by atoms with Gasteiger partial charge in [-0.1, -0.05) is 11.6 Å². The maximum Gasteiger partial charge on any atom is 0.185 e. The van der Waals surface area contributed by atoms with E-state index in [2.05, 4.69) is 9.88 Å². The normalized spacial score (nSPS) is 17.7. The second-order valence-electron chi connectivity index (χ2n) is 2.65. The molecule has 0 saturated carbocycles. The molecule has 0 N–H and O–H groups in total. The molecular weight excluding hydrogens is 180 g/mol. The second kappa shape index (κ2) is 2.99. The Morgan fingerprint density at radius 2 is 2.18 bits per heavy atom. The fourth-order valence-corrected chi connectivity index (χ4v) is 2.11. The summed E-state index contributed by atoms with van der Waals surface area (Å²) in [6.45, 7) is 2.28. The Kier molecular flexibility index (Phi) is 2.00. The van der Waals surface area contributed by atoms with Crippen LogP contribution in [0.1, 0.15) is 12.8 Å². The van der Waals surface area contributed by atoms with Crippen molar-refractivity contribution in [1.82, 2.24) is 4.98 Å². The number of rotatable bonds is 1. The lowest BCUT2D eigenvalue weighted by Crippen LogP contribution is -2.17. The highest BCUT2D eigenvalue weighted by Gasteiger charge is 2.14. The van der Waals surface area contributed by atoms with Gasteiger partial charge in [0.15, 0.2) is 4.47 Å². The van der Waals surface area contributed by atoms with Crippen molar-refractivity contribution in [1.29, 1.82) is 0 Å². The highest BCUT2D eigenvalue weighted by Crippen LogP contribution is 2.24. The van der Waals surface area contributed by atoms with E-state index < -0.39 is 0 Å². The largest absolute Gasteiger partial charge is 0.356 e. The van der Waals surface area contributed by atoms with Gasteiger partial charge in [-0.25, -0.2) is 4.98 Å². The van der Waals surface area contributed by atoms with Gasteiger partial charge in [0.2, 0.25) is 0 Å². The first-order valence-corrected chi connectivity index (χ1v) is 4.98. The van der Waals surface area contributed by atoms with Crippen molar-refractivity contribution >= 4 is 28.8 Å². The molecule has 1 saturated heterocycles. The Balaban J connectivity index is 2.15. The number of hydrogen-bond acceptors (Lipinski definition) is 3. The molecule has 2 rings (SSSR count). The van der Waals surface area contributed by atoms with Crippen molar-refractivity contribution in [2.45, 2.75) is 12.8 Å². The van der Waals surface area contributed by atoms with E-state index in [0.717, 1.165) is 18.9 Å². The maximum absolute atomic E-state index is 5.72. The van der Waals surface area contributed by atoms with Crippen molar-refractivity contribution in [2.24, 2.45) is 0 Å². The van der Waals surface area contributed by atoms with Crippen LogP contribution >= 0.6 is 22.9 Å². The van der Waals surface area contributed by atoms with E-state index in [-0.39, 0.29) is 0 Å². The van der Waals surface area contributed by atoms with Gasteiger partial charge in [0, 0.05) is 18.5 Å². The van der Waals surface area contributed by atoms with Gasteiger partial charge >= 0.3 is 0 Å². The molecule has 60 valence electrons. The SMILES string of the molecule is Clc1nc(N2CCCC2)cs1. The van der Waals surface area contributed by atoms with Gasteiger partial charge in [0.25, 0.3) is 0 Å². The lowest BCUT2D eigenvalue weighted by atomic mass is 10.4. The molecule has 0 radical (unpaired) electrons. The minimum Gasteiger partial charge on any atom is -0.356 e. The van der Waals surface area contributed by atoms with Crippen LogP contribution in [0, 0.1) is 0 Å². The number of thiazole rings is 1. The van der Waals surface area contributed by atoms with Crippen LogP contribution < -0.4 is 4.90 Å². The van der Waals surface area contributed by atoms with Gasteiger partial charge in [0.1, 0.15) is 5.82 Å². The van der Waals surface area contributed by atoms with Gasteiger partial charge in [-0.15, -0.1) is 11.3 Å². The van der Waals surface area contributed by atoms with E-state index >= 15 is 0 Å². The van der Waals surface area contributed by atoms with E-state index in [4.69, 9.17) is 11.6 Å². The van der Waals surface area contributed by atoms with Crippen molar-refractivity contribution in [3.05, 3.63) is 9.85 Å². The smallest absolute Gasteiger partial charge is 0.185 e. The topological polar surface area (TPSA) is 16.1 Å². The van der Waals surface area contributed by atoms with Crippen molar-refractivity contribution < 1.29 is 0 Å². The predicted octanol–water partition coefficient (Wildman–Crippen LogP) is 2.40. The highest BCUT2D eigenvalue weighted by atomic mass is 35.5. The summed E-state index contributed by atoms with van der Waals surface area (Å²) in [6, 6.07) is 0. The fraction of sp³-hybridized carbons (Fsp3) is 0.571. The van der Waals surface area contributed by atoms with Crippen LogP contribution in [-0.4, -0.2) is 18.1 Å². The number of halogens is 1. The molecule has 0 atom stereocenters. The summed E-state index contributed by atoms with van der Waals surface area (Å²) in [6.07, 6.45) is 2.57. The van der Waals surface area contributed by atoms with Crippen LogP contribution in [0.5, 0.6) is 0 Å². The van der Waals surface area contributed by atoms with Gasteiger partial charge in [0.05, 0.1) is 0 Å². The minimum atomic E-state index is 0.645. The first kappa shape index (κ1) is 7.37. The van der Waals surface area contributed by atoms with Gasteiger partial charge in [-0.3, -0.25) is 0 Å². The molecule has 1 aliphatic rings. The molecule has 0 aliphatic carbocycles. The Labute approximate surface area is 74.8 Å². The Hall–Kier alpha value is -0.280. The van der Waals surface area contributed by atoms with Crippen LogP contribution in [0.2, 0.25) is 4.47 Å². The van der Waals surface area contributed by atoms with E-state index in [1.165, 1.54) is 24.2 Å². The standard InChI is InChI=1S/C7H9ClN2S/c8-7-9-6(5-11-7)10-3-1-2-4-10/h5H,1-4H2. The molecule has 0 aromatic carbocycles. The molecule has 2 heterocycles. The third-order valence-electron chi connectivity index (χ3n) is 1.89. The van der Waals surface area contributed by atoms with Crippen molar-refractivity contribution in [2.75, 3.05) is 18.0 Å². The van der Waals surface area contributed by atoms with Crippen LogP contribution in [0.4, 0.5) is 5.82 Å². The molecule has 2 nitrogen and oxygen atoms in total. The Bertz CT molecular complexity index is 242. The quantitative estimate of drug-likeness (QED) is 0.673. The van der Waals surface area contributed by atoms with E-state index in [1.807, 2.05) is 5.38 Å². The molecule has 1 aromatic heterocycles. The molecule has 0 spiro atoms. The summed E-state index contributed by atoms with van der Waals surface area (Å²) < 4.78 is 0.645. The zero-order valence-corrected chi connectivity index (χ0v) is 7.66. The fourth-order valence-electron chi connectivity index (χ4n) is 1.34. The summed E-state index contributed by atoms with van der Waals surface area (Å²) in [7, 11) is 0. The van der Waals surface area contributed by atoms with E-state index in [1.54, 1.807) is 0 Å². The van der Waals surface area contributed by atoms with Crippen LogP contribution in [0.3, 0.4) is 0 Å².